The maximum absolute atomic E-state index is 13.9. The quantitative estimate of drug-likeness (QED) is 0.619. The first-order chi connectivity index (χ1) is 12.8. The first-order valence-corrected chi connectivity index (χ1v) is 10.0. The van der Waals surface area contributed by atoms with Gasteiger partial charge in [-0.1, -0.05) is 46.6 Å². The van der Waals surface area contributed by atoms with Gasteiger partial charge in [-0.25, -0.2) is 12.8 Å². The summed E-state index contributed by atoms with van der Waals surface area (Å²) < 4.78 is 45.2. The second-order valence-corrected chi connectivity index (χ2v) is 8.58. The number of benzene rings is 2. The molecule has 0 atom stereocenters. The Bertz CT molecular complexity index is 1050. The summed E-state index contributed by atoms with van der Waals surface area (Å²) in [6, 6.07) is 11.6. The van der Waals surface area contributed by atoms with Gasteiger partial charge < -0.3 is 4.52 Å². The molecular formula is C18H17ClFN3O3S. The molecule has 6 nitrogen and oxygen atoms in total. The van der Waals surface area contributed by atoms with Gasteiger partial charge in [-0.3, -0.25) is 0 Å². The van der Waals surface area contributed by atoms with E-state index in [0.29, 0.717) is 5.82 Å². The van der Waals surface area contributed by atoms with Crippen molar-refractivity contribution in [2.45, 2.75) is 19.2 Å². The zero-order valence-electron chi connectivity index (χ0n) is 14.7. The molecule has 3 rings (SSSR count). The predicted molar refractivity (Wildman–Crippen MR) is 100.0 cm³/mol. The van der Waals surface area contributed by atoms with Gasteiger partial charge >= 0.3 is 0 Å². The van der Waals surface area contributed by atoms with E-state index in [1.165, 1.54) is 25.2 Å². The molecule has 142 valence electrons. The van der Waals surface area contributed by atoms with Gasteiger partial charge in [0.1, 0.15) is 5.82 Å². The SMILES string of the molecule is Cc1cccc(-c2noc(CN(C)S(=O)(=O)Cc3c(F)cccc3Cl)n2)c1. The maximum atomic E-state index is 13.9. The number of hydrogen-bond donors (Lipinski definition) is 0. The fraction of sp³-hybridized carbons (Fsp3) is 0.222. The molecule has 1 aromatic heterocycles. The molecule has 0 saturated carbocycles. The number of sulfonamides is 1. The highest BCUT2D eigenvalue weighted by atomic mass is 35.5. The van der Waals surface area contributed by atoms with Crippen molar-refractivity contribution < 1.29 is 17.3 Å². The van der Waals surface area contributed by atoms with Crippen LogP contribution in [0.25, 0.3) is 11.4 Å². The average molecular weight is 410 g/mol. The topological polar surface area (TPSA) is 76.3 Å². The van der Waals surface area contributed by atoms with E-state index in [-0.39, 0.29) is 23.0 Å². The zero-order chi connectivity index (χ0) is 19.6. The van der Waals surface area contributed by atoms with Crippen molar-refractivity contribution in [2.75, 3.05) is 7.05 Å². The van der Waals surface area contributed by atoms with Crippen LogP contribution in [0.2, 0.25) is 5.02 Å². The predicted octanol–water partition coefficient (Wildman–Crippen LogP) is 3.80. The molecule has 0 fully saturated rings. The minimum absolute atomic E-state index is 0.0616. The Balaban J connectivity index is 1.76. The third-order valence-electron chi connectivity index (χ3n) is 3.97. The highest BCUT2D eigenvalue weighted by Gasteiger charge is 2.24. The van der Waals surface area contributed by atoms with E-state index >= 15 is 0 Å². The molecule has 9 heteroatoms. The van der Waals surface area contributed by atoms with E-state index in [2.05, 4.69) is 10.1 Å². The number of halogens is 2. The lowest BCUT2D eigenvalue weighted by Crippen LogP contribution is -2.28. The summed E-state index contributed by atoms with van der Waals surface area (Å²) >= 11 is 5.92. The second kappa shape index (κ2) is 7.75. The molecule has 1 heterocycles. The van der Waals surface area contributed by atoms with Crippen LogP contribution in [0, 0.1) is 12.7 Å². The van der Waals surface area contributed by atoms with E-state index in [4.69, 9.17) is 16.1 Å². The maximum Gasteiger partial charge on any atom is 0.242 e. The Hall–Kier alpha value is -2.29. The van der Waals surface area contributed by atoms with Crippen molar-refractivity contribution >= 4 is 21.6 Å². The Labute approximate surface area is 161 Å². The van der Waals surface area contributed by atoms with Gasteiger partial charge in [-0.2, -0.15) is 9.29 Å². The molecule has 27 heavy (non-hydrogen) atoms. The van der Waals surface area contributed by atoms with E-state index in [0.717, 1.165) is 15.4 Å². The van der Waals surface area contributed by atoms with Gasteiger partial charge in [0.05, 0.1) is 12.3 Å². The molecule has 0 aliphatic heterocycles. The minimum atomic E-state index is -3.84. The van der Waals surface area contributed by atoms with Crippen LogP contribution in [0.3, 0.4) is 0 Å². The van der Waals surface area contributed by atoms with E-state index in [9.17, 15) is 12.8 Å². The molecule has 0 radical (unpaired) electrons. The molecule has 0 amide bonds. The smallest absolute Gasteiger partial charge is 0.242 e. The molecule has 0 aliphatic carbocycles. The van der Waals surface area contributed by atoms with Crippen molar-refractivity contribution in [3.63, 3.8) is 0 Å². The fourth-order valence-corrected chi connectivity index (χ4v) is 3.97. The number of aromatic nitrogens is 2. The largest absolute Gasteiger partial charge is 0.338 e. The molecule has 0 spiro atoms. The highest BCUT2D eigenvalue weighted by Crippen LogP contribution is 2.23. The fourth-order valence-electron chi connectivity index (χ4n) is 2.47. The molecule has 2 aromatic carbocycles. The first-order valence-electron chi connectivity index (χ1n) is 8.03. The van der Waals surface area contributed by atoms with Crippen molar-refractivity contribution in [3.8, 4) is 11.4 Å². The van der Waals surface area contributed by atoms with Crippen LogP contribution in [-0.4, -0.2) is 29.9 Å². The van der Waals surface area contributed by atoms with E-state index < -0.39 is 21.6 Å². The number of aryl methyl sites for hydroxylation is 1. The van der Waals surface area contributed by atoms with Gasteiger partial charge in [0, 0.05) is 23.2 Å². The monoisotopic (exact) mass is 409 g/mol. The minimum Gasteiger partial charge on any atom is -0.338 e. The van der Waals surface area contributed by atoms with E-state index in [1.54, 1.807) is 0 Å². The van der Waals surface area contributed by atoms with Gasteiger partial charge in [-0.15, -0.1) is 0 Å². The summed E-state index contributed by atoms with van der Waals surface area (Å²) in [5, 5.41) is 3.95. The Morgan fingerprint density at radius 3 is 2.67 bits per heavy atom. The normalized spacial score (nSPS) is 11.9. The van der Waals surface area contributed by atoms with Crippen LogP contribution >= 0.6 is 11.6 Å². The lowest BCUT2D eigenvalue weighted by atomic mass is 10.1. The van der Waals surface area contributed by atoms with Crippen LogP contribution in [0.5, 0.6) is 0 Å². The molecular weight excluding hydrogens is 393 g/mol. The molecule has 0 saturated heterocycles. The third kappa shape index (κ3) is 4.52. The molecule has 0 aliphatic rings. The first kappa shape index (κ1) is 19.5. The second-order valence-electron chi connectivity index (χ2n) is 6.09. The molecule has 0 N–H and O–H groups in total. The Morgan fingerprint density at radius 2 is 1.96 bits per heavy atom. The summed E-state index contributed by atoms with van der Waals surface area (Å²) in [4.78, 5) is 4.23. The standard InChI is InChI=1S/C18H17ClFN3O3S/c1-12-5-3-6-13(9-12)18-21-17(26-22-18)10-23(2)27(24,25)11-14-15(19)7-4-8-16(14)20/h3-9H,10-11H2,1-2H3. The Kier molecular flexibility index (Phi) is 5.59. The third-order valence-corrected chi connectivity index (χ3v) is 6.05. The van der Waals surface area contributed by atoms with Crippen LogP contribution in [0.1, 0.15) is 17.0 Å². The van der Waals surface area contributed by atoms with Gasteiger partial charge in [0.25, 0.3) is 0 Å². The van der Waals surface area contributed by atoms with Gasteiger partial charge in [0.2, 0.25) is 21.7 Å². The van der Waals surface area contributed by atoms with Gasteiger partial charge in [-0.05, 0) is 25.1 Å². The number of rotatable bonds is 6. The highest BCUT2D eigenvalue weighted by molar-refractivity contribution is 7.88. The summed E-state index contributed by atoms with van der Waals surface area (Å²) in [6.45, 7) is 1.81. The van der Waals surface area contributed by atoms with Gasteiger partial charge in [0.15, 0.2) is 0 Å². The van der Waals surface area contributed by atoms with Crippen LogP contribution in [0.15, 0.2) is 47.0 Å². The van der Waals surface area contributed by atoms with Crippen molar-refractivity contribution in [3.05, 3.63) is 70.3 Å². The molecule has 0 bridgehead atoms. The number of hydrogen-bond acceptors (Lipinski definition) is 5. The summed E-state index contributed by atoms with van der Waals surface area (Å²) in [5.41, 5.74) is 1.74. The van der Waals surface area contributed by atoms with Crippen LogP contribution < -0.4 is 0 Å². The Morgan fingerprint density at radius 1 is 1.22 bits per heavy atom. The summed E-state index contributed by atoms with van der Waals surface area (Å²) in [5.74, 6) is -0.721. The van der Waals surface area contributed by atoms with E-state index in [1.807, 2.05) is 31.2 Å². The summed E-state index contributed by atoms with van der Waals surface area (Å²) in [6.07, 6.45) is 0. The van der Waals surface area contributed by atoms with Crippen LogP contribution in [-0.2, 0) is 22.3 Å². The summed E-state index contributed by atoms with van der Waals surface area (Å²) in [7, 11) is -2.48. The zero-order valence-corrected chi connectivity index (χ0v) is 16.3. The average Bonchev–Trinajstić information content (AvgIpc) is 3.07. The lowest BCUT2D eigenvalue weighted by Gasteiger charge is -2.16. The van der Waals surface area contributed by atoms with Crippen LogP contribution in [0.4, 0.5) is 4.39 Å². The molecule has 0 unspecified atom stereocenters. The van der Waals surface area contributed by atoms with Crippen molar-refractivity contribution in [2.24, 2.45) is 0 Å². The van der Waals surface area contributed by atoms with Crippen molar-refractivity contribution in [1.82, 2.24) is 14.4 Å². The lowest BCUT2D eigenvalue weighted by molar-refractivity contribution is 0.336. The van der Waals surface area contributed by atoms with Crippen molar-refractivity contribution in [1.29, 1.82) is 0 Å². The molecule has 3 aromatic rings. The number of nitrogens with zero attached hydrogens (tertiary/aromatic N) is 3.